The lowest BCUT2D eigenvalue weighted by Gasteiger charge is -2.17. The van der Waals surface area contributed by atoms with Crippen molar-refractivity contribution in [2.75, 3.05) is 20.0 Å². The van der Waals surface area contributed by atoms with Crippen LogP contribution in [0.15, 0.2) is 48.0 Å². The number of alkyl halides is 2. The van der Waals surface area contributed by atoms with Crippen LogP contribution in [0.25, 0.3) is 0 Å². The Morgan fingerprint density at radius 1 is 1.36 bits per heavy atom. The minimum Gasteiger partial charge on any atom is -0.438 e. The molecule has 1 heterocycles. The highest BCUT2D eigenvalue weighted by atomic mass is 32.2. The van der Waals surface area contributed by atoms with Crippen molar-refractivity contribution >= 4 is 17.7 Å². The number of rotatable bonds is 9. The number of hydrogen-bond acceptors (Lipinski definition) is 6. The molecule has 0 spiro atoms. The van der Waals surface area contributed by atoms with E-state index < -0.39 is 23.7 Å². The molecule has 9 heteroatoms. The molecule has 2 aromatic rings. The molecule has 28 heavy (non-hydrogen) atoms. The van der Waals surface area contributed by atoms with Gasteiger partial charge in [0.1, 0.15) is 11.3 Å². The molecule has 0 aliphatic carbocycles. The monoisotopic (exact) mass is 409 g/mol. The third kappa shape index (κ3) is 6.28. The highest BCUT2D eigenvalue weighted by Crippen LogP contribution is 2.28. The first-order chi connectivity index (χ1) is 13.3. The van der Waals surface area contributed by atoms with Crippen LogP contribution < -0.4 is 10.1 Å². The summed E-state index contributed by atoms with van der Waals surface area (Å²) in [4.78, 5) is 20.1. The van der Waals surface area contributed by atoms with Crippen LogP contribution in [0.1, 0.15) is 23.1 Å². The summed E-state index contributed by atoms with van der Waals surface area (Å²) in [5, 5.41) is 4.55. The van der Waals surface area contributed by atoms with E-state index in [2.05, 4.69) is 15.3 Å². The Labute approximate surface area is 166 Å². The standard InChI is InChI=1S/C19H21F2N3O3S/c1-19(20,21)18-22-11-15(16(25)23-13(12-26-2)9-10-28-3)17(24-18)27-14-7-5-4-6-8-14/h4-11,13H,12H2,1-3H3,(H,23,25)/b10-9+. The number of amides is 1. The minimum atomic E-state index is -3.27. The van der Waals surface area contributed by atoms with E-state index in [9.17, 15) is 13.6 Å². The third-order valence-electron chi connectivity index (χ3n) is 3.46. The number of hydrogen-bond donors (Lipinski definition) is 1. The summed E-state index contributed by atoms with van der Waals surface area (Å²) >= 11 is 1.47. The molecule has 2 rings (SSSR count). The van der Waals surface area contributed by atoms with Crippen LogP contribution in [-0.4, -0.2) is 41.9 Å². The number of aromatic nitrogens is 2. The van der Waals surface area contributed by atoms with Crippen LogP contribution in [-0.2, 0) is 10.7 Å². The number of carbonyl (C=O) groups excluding carboxylic acids is 1. The van der Waals surface area contributed by atoms with Gasteiger partial charge in [0.15, 0.2) is 0 Å². The molecular weight excluding hydrogens is 388 g/mol. The predicted molar refractivity (Wildman–Crippen MR) is 104 cm³/mol. The fourth-order valence-electron chi connectivity index (χ4n) is 2.16. The zero-order valence-corrected chi connectivity index (χ0v) is 16.5. The molecule has 0 fully saturated rings. The van der Waals surface area contributed by atoms with Gasteiger partial charge < -0.3 is 14.8 Å². The first kappa shape index (κ1) is 21.8. The number of nitrogens with zero attached hydrogens (tertiary/aromatic N) is 2. The maximum atomic E-state index is 13.6. The molecule has 0 radical (unpaired) electrons. The molecule has 1 aromatic heterocycles. The van der Waals surface area contributed by atoms with Crippen molar-refractivity contribution in [3.8, 4) is 11.6 Å². The zero-order valence-electron chi connectivity index (χ0n) is 15.7. The third-order valence-corrected chi connectivity index (χ3v) is 3.89. The van der Waals surface area contributed by atoms with Gasteiger partial charge in [-0.2, -0.15) is 13.8 Å². The molecule has 0 saturated heterocycles. The van der Waals surface area contributed by atoms with E-state index in [1.807, 2.05) is 11.7 Å². The molecule has 1 aromatic carbocycles. The lowest BCUT2D eigenvalue weighted by molar-refractivity contribution is 0.00707. The maximum absolute atomic E-state index is 13.6. The van der Waals surface area contributed by atoms with Crippen molar-refractivity contribution in [3.63, 3.8) is 0 Å². The summed E-state index contributed by atoms with van der Waals surface area (Å²) in [6, 6.07) is 8.05. The molecule has 0 aliphatic rings. The van der Waals surface area contributed by atoms with E-state index in [4.69, 9.17) is 9.47 Å². The summed E-state index contributed by atoms with van der Waals surface area (Å²) in [5.41, 5.74) is -0.0597. The lowest BCUT2D eigenvalue weighted by Crippen LogP contribution is -2.37. The van der Waals surface area contributed by atoms with Gasteiger partial charge in [-0.15, -0.1) is 11.8 Å². The average molecular weight is 409 g/mol. The predicted octanol–water partition coefficient (Wildman–Crippen LogP) is 4.00. The Morgan fingerprint density at radius 3 is 2.68 bits per heavy atom. The van der Waals surface area contributed by atoms with E-state index in [1.54, 1.807) is 36.4 Å². The number of nitrogens with one attached hydrogen (secondary N) is 1. The first-order valence-electron chi connectivity index (χ1n) is 8.32. The quantitative estimate of drug-likeness (QED) is 0.675. The lowest BCUT2D eigenvalue weighted by atomic mass is 10.2. The number of para-hydroxylation sites is 1. The molecular formula is C19H21F2N3O3S. The number of halogens is 2. The van der Waals surface area contributed by atoms with E-state index >= 15 is 0 Å². The van der Waals surface area contributed by atoms with Gasteiger partial charge in [0.05, 0.1) is 12.6 Å². The van der Waals surface area contributed by atoms with E-state index in [0.717, 1.165) is 6.20 Å². The fourth-order valence-corrected chi connectivity index (χ4v) is 2.50. The summed E-state index contributed by atoms with van der Waals surface area (Å²) in [6.07, 6.45) is 4.68. The van der Waals surface area contributed by atoms with Crippen LogP contribution in [0.2, 0.25) is 0 Å². The Morgan fingerprint density at radius 2 is 2.07 bits per heavy atom. The number of ether oxygens (including phenoxy) is 2. The first-order valence-corrected chi connectivity index (χ1v) is 9.61. The van der Waals surface area contributed by atoms with Gasteiger partial charge in [-0.1, -0.05) is 24.3 Å². The van der Waals surface area contributed by atoms with Gasteiger partial charge >= 0.3 is 5.92 Å². The van der Waals surface area contributed by atoms with Crippen molar-refractivity contribution < 1.29 is 23.0 Å². The number of thioether (sulfide) groups is 1. The fraction of sp³-hybridized carbons (Fsp3) is 0.316. The van der Waals surface area contributed by atoms with Gasteiger partial charge in [0, 0.05) is 20.2 Å². The van der Waals surface area contributed by atoms with E-state index in [0.29, 0.717) is 12.7 Å². The molecule has 0 bridgehead atoms. The number of methoxy groups -OCH3 is 1. The Kier molecular flexibility index (Phi) is 7.89. The molecule has 1 unspecified atom stereocenters. The average Bonchev–Trinajstić information content (AvgIpc) is 2.66. The van der Waals surface area contributed by atoms with Crippen molar-refractivity contribution in [2.24, 2.45) is 0 Å². The Hall–Kier alpha value is -2.52. The van der Waals surface area contributed by atoms with Gasteiger partial charge in [-0.05, 0) is 23.8 Å². The zero-order chi connectivity index (χ0) is 20.6. The highest BCUT2D eigenvalue weighted by molar-refractivity contribution is 8.01. The SMILES string of the molecule is COCC(/C=C/SC)NC(=O)c1cnc(C(C)(F)F)nc1Oc1ccccc1. The van der Waals surface area contributed by atoms with Crippen LogP contribution in [0.3, 0.4) is 0 Å². The second kappa shape index (κ2) is 10.1. The summed E-state index contributed by atoms with van der Waals surface area (Å²) in [6.45, 7) is 0.917. The second-order valence-corrected chi connectivity index (χ2v) is 6.56. The van der Waals surface area contributed by atoms with Gasteiger partial charge in [-0.25, -0.2) is 4.98 Å². The molecule has 0 saturated carbocycles. The van der Waals surface area contributed by atoms with Gasteiger partial charge in [0.2, 0.25) is 11.7 Å². The second-order valence-electron chi connectivity index (χ2n) is 5.82. The Bertz CT molecular complexity index is 814. The van der Waals surface area contributed by atoms with Crippen molar-refractivity contribution in [1.82, 2.24) is 15.3 Å². The molecule has 1 N–H and O–H groups in total. The van der Waals surface area contributed by atoms with Crippen LogP contribution in [0, 0.1) is 0 Å². The largest absolute Gasteiger partial charge is 0.438 e. The molecule has 150 valence electrons. The van der Waals surface area contributed by atoms with Gasteiger partial charge in [0.25, 0.3) is 5.91 Å². The molecule has 0 aliphatic heterocycles. The maximum Gasteiger partial charge on any atom is 0.303 e. The topological polar surface area (TPSA) is 73.3 Å². The van der Waals surface area contributed by atoms with Crippen LogP contribution in [0.4, 0.5) is 8.78 Å². The van der Waals surface area contributed by atoms with Crippen LogP contribution >= 0.6 is 11.8 Å². The molecule has 6 nitrogen and oxygen atoms in total. The minimum absolute atomic E-state index is 0.0597. The highest BCUT2D eigenvalue weighted by Gasteiger charge is 2.30. The summed E-state index contributed by atoms with van der Waals surface area (Å²) in [5.74, 6) is -4.46. The number of carbonyl (C=O) groups is 1. The van der Waals surface area contributed by atoms with Crippen molar-refractivity contribution in [1.29, 1.82) is 0 Å². The van der Waals surface area contributed by atoms with Crippen molar-refractivity contribution in [2.45, 2.75) is 18.9 Å². The van der Waals surface area contributed by atoms with E-state index in [1.165, 1.54) is 18.9 Å². The molecule has 1 atom stereocenters. The van der Waals surface area contributed by atoms with Gasteiger partial charge in [-0.3, -0.25) is 4.79 Å². The molecule has 1 amide bonds. The normalized spacial score (nSPS) is 12.8. The van der Waals surface area contributed by atoms with Crippen LogP contribution in [0.5, 0.6) is 11.6 Å². The van der Waals surface area contributed by atoms with E-state index in [-0.39, 0.29) is 18.1 Å². The van der Waals surface area contributed by atoms with Crippen molar-refractivity contribution in [3.05, 3.63) is 59.4 Å². The number of benzene rings is 1. The smallest absolute Gasteiger partial charge is 0.303 e. The Balaban J connectivity index is 2.35. The summed E-state index contributed by atoms with van der Waals surface area (Å²) in [7, 11) is 1.51. The summed E-state index contributed by atoms with van der Waals surface area (Å²) < 4.78 is 38.0.